The molecule has 0 N–H and O–H groups in total. The molecule has 0 spiro atoms. The molecule has 38 heavy (non-hydrogen) atoms. The average Bonchev–Trinajstić information content (AvgIpc) is 3.32. The van der Waals surface area contributed by atoms with Crippen LogP contribution in [-0.4, -0.2) is 0 Å². The van der Waals surface area contributed by atoms with E-state index in [0.717, 1.165) is 34.3 Å². The topological polar surface area (TPSA) is 17.1 Å². The number of benzene rings is 5. The maximum absolute atomic E-state index is 15.7. The van der Waals surface area contributed by atoms with E-state index in [9.17, 15) is 0 Å². The lowest BCUT2D eigenvalue weighted by molar-refractivity contribution is 0.590. The summed E-state index contributed by atoms with van der Waals surface area (Å²) in [6, 6.07) is 42.3. The van der Waals surface area contributed by atoms with E-state index in [-0.39, 0.29) is 5.41 Å². The monoisotopic (exact) mass is 512 g/mol. The molecule has 1 unspecified atom stereocenters. The highest BCUT2D eigenvalue weighted by molar-refractivity contribution is 7.85. The quantitative estimate of drug-likeness (QED) is 0.216. The second-order valence-electron chi connectivity index (χ2n) is 11.3. The molecule has 0 saturated heterocycles. The zero-order chi connectivity index (χ0) is 26.3. The van der Waals surface area contributed by atoms with Crippen molar-refractivity contribution in [3.05, 3.63) is 149 Å². The molecule has 1 aliphatic carbocycles. The Bertz CT molecular complexity index is 1660. The third kappa shape index (κ3) is 4.26. The predicted octanol–water partition coefficient (Wildman–Crippen LogP) is 7.79. The Labute approximate surface area is 226 Å². The van der Waals surface area contributed by atoms with Crippen LogP contribution in [0, 0.1) is 0 Å². The van der Waals surface area contributed by atoms with Gasteiger partial charge in [0.15, 0.2) is 7.14 Å². The van der Waals surface area contributed by atoms with E-state index in [0.29, 0.717) is 0 Å². The Kier molecular flexibility index (Phi) is 6.21. The van der Waals surface area contributed by atoms with Gasteiger partial charge in [0.1, 0.15) is 0 Å². The molecule has 0 bridgehead atoms. The van der Waals surface area contributed by atoms with Gasteiger partial charge in [-0.2, -0.15) is 0 Å². The van der Waals surface area contributed by atoms with Gasteiger partial charge in [0.25, 0.3) is 0 Å². The van der Waals surface area contributed by atoms with Gasteiger partial charge in [-0.3, -0.25) is 0 Å². The molecule has 1 nitrogen and oxygen atoms in total. The average molecular weight is 513 g/mol. The van der Waals surface area contributed by atoms with Crippen LogP contribution in [0.3, 0.4) is 0 Å². The molecule has 0 aromatic heterocycles. The van der Waals surface area contributed by atoms with Gasteiger partial charge in [-0.05, 0) is 57.2 Å². The van der Waals surface area contributed by atoms with Gasteiger partial charge in [-0.1, -0.05) is 142 Å². The highest BCUT2D eigenvalue weighted by atomic mass is 31.2. The molecule has 5 aromatic carbocycles. The Morgan fingerprint density at radius 3 is 2.03 bits per heavy atom. The Balaban J connectivity index is 1.51. The molecule has 0 radical (unpaired) electrons. The molecule has 1 aliphatic rings. The third-order valence-corrected chi connectivity index (χ3v) is 11.1. The second-order valence-corrected chi connectivity index (χ2v) is 14.0. The van der Waals surface area contributed by atoms with Crippen molar-refractivity contribution in [2.45, 2.75) is 39.0 Å². The normalized spacial score (nSPS) is 14.0. The number of rotatable bonds is 5. The summed E-state index contributed by atoms with van der Waals surface area (Å²) in [5, 5.41) is 2.79. The van der Waals surface area contributed by atoms with E-state index in [2.05, 4.69) is 106 Å². The first kappa shape index (κ1) is 24.7. The van der Waals surface area contributed by atoms with Crippen molar-refractivity contribution in [1.82, 2.24) is 0 Å². The summed E-state index contributed by atoms with van der Waals surface area (Å²) in [6.07, 6.45) is 1.56. The van der Waals surface area contributed by atoms with Crippen LogP contribution >= 0.6 is 7.14 Å². The SMILES string of the molecule is CC(C)(C)c1ccc(Cc2ccccc2P(=O)(c2ccccc2)c2cccc3c2Cc2ccccc2-3)cc1. The number of hydrogen-bond donors (Lipinski definition) is 0. The van der Waals surface area contributed by atoms with Crippen LogP contribution in [0.15, 0.2) is 121 Å². The van der Waals surface area contributed by atoms with Crippen molar-refractivity contribution >= 4 is 23.1 Å². The minimum absolute atomic E-state index is 0.116. The van der Waals surface area contributed by atoms with Crippen LogP contribution in [-0.2, 0) is 22.8 Å². The maximum atomic E-state index is 15.7. The number of fused-ring (bicyclic) bond motifs is 3. The molecule has 0 fully saturated rings. The molecular weight excluding hydrogens is 479 g/mol. The largest absolute Gasteiger partial charge is 0.309 e. The second kappa shape index (κ2) is 9.57. The Hall–Kier alpha value is -3.67. The van der Waals surface area contributed by atoms with Crippen LogP contribution in [0.4, 0.5) is 0 Å². The van der Waals surface area contributed by atoms with Crippen molar-refractivity contribution < 1.29 is 4.57 Å². The molecular formula is C36H33OP. The van der Waals surface area contributed by atoms with Crippen LogP contribution in [0.1, 0.15) is 48.6 Å². The summed E-state index contributed by atoms with van der Waals surface area (Å²) in [5.41, 5.74) is 8.77. The standard InChI is InChI=1S/C36H33OP/c1-36(2,3)29-22-20-26(21-23-29)24-28-13-8-10-18-34(28)38(37,30-14-5-4-6-15-30)35-19-11-17-32-31-16-9-7-12-27(31)25-33(32)35/h4-23H,24-25H2,1-3H3. The van der Waals surface area contributed by atoms with Crippen LogP contribution in [0.2, 0.25) is 0 Å². The maximum Gasteiger partial charge on any atom is 0.171 e. The van der Waals surface area contributed by atoms with Gasteiger partial charge in [0, 0.05) is 15.9 Å². The summed E-state index contributed by atoms with van der Waals surface area (Å²) in [6.45, 7) is 6.72. The minimum Gasteiger partial charge on any atom is -0.309 e. The minimum atomic E-state index is -3.16. The zero-order valence-electron chi connectivity index (χ0n) is 22.3. The first-order valence-electron chi connectivity index (χ1n) is 13.4. The van der Waals surface area contributed by atoms with E-state index < -0.39 is 7.14 Å². The smallest absolute Gasteiger partial charge is 0.171 e. The van der Waals surface area contributed by atoms with Gasteiger partial charge in [-0.25, -0.2) is 0 Å². The molecule has 0 saturated carbocycles. The van der Waals surface area contributed by atoms with Gasteiger partial charge < -0.3 is 4.57 Å². The van der Waals surface area contributed by atoms with Crippen molar-refractivity contribution in [2.24, 2.45) is 0 Å². The lowest BCUT2D eigenvalue weighted by Gasteiger charge is -2.25. The van der Waals surface area contributed by atoms with Crippen LogP contribution in [0.5, 0.6) is 0 Å². The van der Waals surface area contributed by atoms with Crippen LogP contribution < -0.4 is 15.9 Å². The van der Waals surface area contributed by atoms with E-state index >= 15 is 4.57 Å². The first-order valence-corrected chi connectivity index (χ1v) is 15.1. The molecule has 2 heteroatoms. The van der Waals surface area contributed by atoms with Crippen molar-refractivity contribution in [1.29, 1.82) is 0 Å². The molecule has 0 amide bonds. The fourth-order valence-electron chi connectivity index (χ4n) is 5.79. The Morgan fingerprint density at radius 1 is 0.632 bits per heavy atom. The van der Waals surface area contributed by atoms with Crippen LogP contribution in [0.25, 0.3) is 11.1 Å². The third-order valence-electron chi connectivity index (χ3n) is 7.83. The first-order chi connectivity index (χ1) is 18.4. The lowest BCUT2D eigenvalue weighted by Crippen LogP contribution is -2.29. The van der Waals surface area contributed by atoms with E-state index in [4.69, 9.17) is 0 Å². The van der Waals surface area contributed by atoms with Gasteiger partial charge in [0.2, 0.25) is 0 Å². The fourth-order valence-corrected chi connectivity index (χ4v) is 8.93. The highest BCUT2D eigenvalue weighted by Crippen LogP contribution is 2.48. The molecule has 0 aliphatic heterocycles. The fraction of sp³-hybridized carbons (Fsp3) is 0.167. The summed E-state index contributed by atoms with van der Waals surface area (Å²) in [4.78, 5) is 0. The van der Waals surface area contributed by atoms with Gasteiger partial charge in [0.05, 0.1) is 0 Å². The molecule has 0 heterocycles. The predicted molar refractivity (Wildman–Crippen MR) is 162 cm³/mol. The molecule has 5 aromatic rings. The lowest BCUT2D eigenvalue weighted by atomic mass is 9.86. The zero-order valence-corrected chi connectivity index (χ0v) is 23.2. The molecule has 1 atom stereocenters. The van der Waals surface area contributed by atoms with E-state index in [1.807, 2.05) is 36.4 Å². The molecule has 6 rings (SSSR count). The number of hydrogen-bond acceptors (Lipinski definition) is 1. The van der Waals surface area contributed by atoms with Gasteiger partial charge in [-0.15, -0.1) is 0 Å². The summed E-state index contributed by atoms with van der Waals surface area (Å²) in [5.74, 6) is 0. The summed E-state index contributed by atoms with van der Waals surface area (Å²) >= 11 is 0. The van der Waals surface area contributed by atoms with Gasteiger partial charge >= 0.3 is 0 Å². The van der Waals surface area contributed by atoms with Crippen molar-refractivity contribution in [2.75, 3.05) is 0 Å². The van der Waals surface area contributed by atoms with Crippen molar-refractivity contribution in [3.8, 4) is 11.1 Å². The molecule has 188 valence electrons. The summed E-state index contributed by atoms with van der Waals surface area (Å²) < 4.78 is 15.7. The van der Waals surface area contributed by atoms with E-state index in [1.54, 1.807) is 0 Å². The Morgan fingerprint density at radius 2 is 1.26 bits per heavy atom. The van der Waals surface area contributed by atoms with E-state index in [1.165, 1.54) is 33.4 Å². The summed E-state index contributed by atoms with van der Waals surface area (Å²) in [7, 11) is -3.16. The highest BCUT2D eigenvalue weighted by Gasteiger charge is 2.36. The van der Waals surface area contributed by atoms with Crippen molar-refractivity contribution in [3.63, 3.8) is 0 Å².